The van der Waals surface area contributed by atoms with E-state index in [2.05, 4.69) is 41.5 Å². The number of nitrogens with zero attached hydrogens (tertiary/aromatic N) is 3. The highest BCUT2D eigenvalue weighted by Crippen LogP contribution is 2.43. The Morgan fingerprint density at radius 3 is 2.06 bits per heavy atom. The van der Waals surface area contributed by atoms with E-state index in [0.717, 1.165) is 70.8 Å². The van der Waals surface area contributed by atoms with Gasteiger partial charge in [0.15, 0.2) is 17.3 Å². The molecule has 4 atom stereocenters. The highest BCUT2D eigenvalue weighted by molar-refractivity contribution is 8.77. The fraction of sp³-hybridized carbons (Fsp3) is 0.446. The minimum absolute atomic E-state index is 0.00118. The Labute approximate surface area is 485 Å². The predicted molar refractivity (Wildman–Crippen MR) is 324 cm³/mol. The molecule has 428 valence electrons. The van der Waals surface area contributed by atoms with Gasteiger partial charge in [0.2, 0.25) is 11.8 Å². The van der Waals surface area contributed by atoms with Gasteiger partial charge in [-0.15, -0.1) is 0 Å². The van der Waals surface area contributed by atoms with E-state index >= 15 is 0 Å². The summed E-state index contributed by atoms with van der Waals surface area (Å²) >= 11 is 0. The molecule has 16 heteroatoms. The molecule has 0 radical (unpaired) electrons. The lowest BCUT2D eigenvalue weighted by atomic mass is 9.92. The van der Waals surface area contributed by atoms with Crippen LogP contribution >= 0.6 is 21.6 Å². The van der Waals surface area contributed by atoms with Gasteiger partial charge in [0.1, 0.15) is 24.7 Å². The van der Waals surface area contributed by atoms with Crippen LogP contribution in [0, 0.1) is 18.8 Å². The standard InChI is InChI=1S/C65H77N5O9S2/c1-10-50(71)18-15-25-80-81-65(6,7)24-23-60(73)67-61(39(2)3)56(72)27-41(5)62(74)66-47-29-42(37-78-57-35-55-52(26-40(57)4)64(76)70-49(36-68(55)8)32-46-17-12-14-20-54(46)70)28-43(30-47)38-79-59-33-44-21-22-48-31-45-16-11-13-19-53(45)69(48)63(75)51(44)34-58(59)77-9/h11-14,16-17,19-20,26,28-30,33-35,39,41,48-49,61H,10,15,18,21-25,27,31-32,36-38H2,1-9H3,(H,66,74)(H,67,73)/t41-,48-,49+,61+/m1/s1. The highest BCUT2D eigenvalue weighted by atomic mass is 33.1. The molecule has 81 heavy (non-hydrogen) atoms. The number of carbonyl (C=O) groups excluding carboxylic acids is 6. The van der Waals surface area contributed by atoms with Gasteiger partial charge in [0.25, 0.3) is 11.8 Å². The third kappa shape index (κ3) is 13.6. The molecule has 5 aromatic rings. The number of amides is 4. The van der Waals surface area contributed by atoms with Crippen molar-refractivity contribution in [1.29, 1.82) is 0 Å². The number of ketones is 2. The Bertz CT molecular complexity index is 3210. The predicted octanol–water partition coefficient (Wildman–Crippen LogP) is 12.1. The molecule has 4 amide bonds. The Balaban J connectivity index is 0.905. The van der Waals surface area contributed by atoms with Crippen LogP contribution in [0.3, 0.4) is 0 Å². The van der Waals surface area contributed by atoms with Crippen LogP contribution in [-0.2, 0) is 51.7 Å². The maximum atomic E-state index is 14.3. The van der Waals surface area contributed by atoms with Gasteiger partial charge < -0.3 is 39.5 Å². The molecule has 0 saturated heterocycles. The van der Waals surface area contributed by atoms with E-state index in [-0.39, 0.29) is 84.0 Å². The number of para-hydroxylation sites is 2. The smallest absolute Gasteiger partial charge is 0.260 e. The molecular formula is C65H77N5O9S2. The summed E-state index contributed by atoms with van der Waals surface area (Å²) in [6, 6.07) is 28.7. The van der Waals surface area contributed by atoms with Gasteiger partial charge in [-0.05, 0) is 147 Å². The minimum atomic E-state index is -0.765. The molecule has 4 aliphatic rings. The Hall–Kier alpha value is -6.78. The maximum absolute atomic E-state index is 14.3. The van der Waals surface area contributed by atoms with Crippen molar-refractivity contribution in [1.82, 2.24) is 5.32 Å². The average Bonchev–Trinajstić information content (AvgIpc) is 4.15. The van der Waals surface area contributed by atoms with Gasteiger partial charge in [-0.25, -0.2) is 0 Å². The SMILES string of the molecule is CCC(=O)CCCSSC(C)(C)CCC(=O)N[C@H](C(=O)C[C@@H](C)C(=O)Nc1cc(COc2cc3c(cc2C)C(=O)N2c4ccccc4C[C@H]2CN3C)cc(COc2cc3c(cc2OC)C(=O)N2c4ccccc4C[C@H]2CC3)c1)C(C)C. The summed E-state index contributed by atoms with van der Waals surface area (Å²) in [5.41, 5.74) is 9.85. The number of anilines is 4. The summed E-state index contributed by atoms with van der Waals surface area (Å²) in [6.45, 7) is 14.3. The third-order valence-electron chi connectivity index (χ3n) is 16.1. The van der Waals surface area contributed by atoms with Crippen LogP contribution in [0.5, 0.6) is 17.2 Å². The van der Waals surface area contributed by atoms with Crippen LogP contribution in [0.15, 0.2) is 91.0 Å². The van der Waals surface area contributed by atoms with Gasteiger partial charge in [0, 0.05) is 90.4 Å². The zero-order chi connectivity index (χ0) is 57.7. The maximum Gasteiger partial charge on any atom is 0.260 e. The first-order chi connectivity index (χ1) is 38.8. The normalized spacial score (nSPS) is 16.9. The number of nitrogens with one attached hydrogen (secondary N) is 2. The van der Waals surface area contributed by atoms with Crippen molar-refractivity contribution in [2.75, 3.05) is 46.5 Å². The summed E-state index contributed by atoms with van der Waals surface area (Å²) in [6.07, 6.45) is 5.83. The Kier molecular flexibility index (Phi) is 18.6. The van der Waals surface area contributed by atoms with Gasteiger partial charge >= 0.3 is 0 Å². The molecule has 2 N–H and O–H groups in total. The van der Waals surface area contributed by atoms with Crippen molar-refractivity contribution < 1.29 is 43.0 Å². The Morgan fingerprint density at radius 1 is 0.753 bits per heavy atom. The van der Waals surface area contributed by atoms with E-state index in [1.807, 2.05) is 117 Å². The molecular weight excluding hydrogens is 1060 g/mol. The molecule has 4 aliphatic heterocycles. The number of methoxy groups -OCH3 is 1. The van der Waals surface area contributed by atoms with Gasteiger partial charge in [-0.2, -0.15) is 0 Å². The van der Waals surface area contributed by atoms with Gasteiger partial charge in [-0.3, -0.25) is 28.8 Å². The molecule has 14 nitrogen and oxygen atoms in total. The number of benzene rings is 5. The number of hydrogen-bond acceptors (Lipinski definition) is 12. The first kappa shape index (κ1) is 58.9. The van der Waals surface area contributed by atoms with E-state index in [1.165, 1.54) is 11.1 Å². The molecule has 0 fully saturated rings. The number of Topliss-reactive ketones (excluding diaryl/α,β-unsaturated/α-hetero) is 2. The average molecular weight is 1140 g/mol. The third-order valence-corrected chi connectivity index (χ3v) is 19.5. The number of aryl methyl sites for hydroxylation is 2. The topological polar surface area (TPSA) is 164 Å². The van der Waals surface area contributed by atoms with Crippen LogP contribution in [0.4, 0.5) is 22.7 Å². The first-order valence-electron chi connectivity index (χ1n) is 28.5. The zero-order valence-electron chi connectivity index (χ0n) is 48.3. The van der Waals surface area contributed by atoms with E-state index < -0.39 is 12.0 Å². The monoisotopic (exact) mass is 1140 g/mol. The van der Waals surface area contributed by atoms with Crippen molar-refractivity contribution >= 4 is 79.5 Å². The van der Waals surface area contributed by atoms with Gasteiger partial charge in [-0.1, -0.05) is 85.7 Å². The second-order valence-corrected chi connectivity index (χ2v) is 26.3. The number of fused-ring (bicyclic) bond motifs is 8. The van der Waals surface area contributed by atoms with Crippen LogP contribution < -0.4 is 39.5 Å². The molecule has 0 aliphatic carbocycles. The summed E-state index contributed by atoms with van der Waals surface area (Å²) in [7, 11) is 7.00. The van der Waals surface area contributed by atoms with E-state index in [9.17, 15) is 28.8 Å². The van der Waals surface area contributed by atoms with E-state index in [1.54, 1.807) is 41.7 Å². The minimum Gasteiger partial charge on any atom is -0.493 e. The van der Waals surface area contributed by atoms with Crippen molar-refractivity contribution in [3.05, 3.63) is 136 Å². The number of carbonyl (C=O) groups is 6. The van der Waals surface area contributed by atoms with Crippen LogP contribution in [-0.4, -0.2) is 84.5 Å². The number of hydrogen-bond donors (Lipinski definition) is 2. The fourth-order valence-corrected chi connectivity index (χ4v) is 14.2. The lowest BCUT2D eigenvalue weighted by molar-refractivity contribution is -0.131. The molecule has 9 rings (SSSR count). The lowest BCUT2D eigenvalue weighted by Gasteiger charge is -2.25. The molecule has 0 spiro atoms. The van der Waals surface area contributed by atoms with Crippen molar-refractivity contribution in [3.8, 4) is 17.2 Å². The summed E-state index contributed by atoms with van der Waals surface area (Å²) in [4.78, 5) is 87.7. The van der Waals surface area contributed by atoms with Crippen molar-refractivity contribution in [2.24, 2.45) is 11.8 Å². The fourth-order valence-electron chi connectivity index (χ4n) is 11.6. The zero-order valence-corrected chi connectivity index (χ0v) is 49.9. The molecule has 5 aromatic carbocycles. The summed E-state index contributed by atoms with van der Waals surface area (Å²) in [5.74, 6) is 0.818. The van der Waals surface area contributed by atoms with Crippen LogP contribution in [0.1, 0.15) is 141 Å². The van der Waals surface area contributed by atoms with Crippen molar-refractivity contribution in [3.63, 3.8) is 0 Å². The Morgan fingerprint density at radius 2 is 1.40 bits per heavy atom. The highest BCUT2D eigenvalue weighted by Gasteiger charge is 2.40. The second-order valence-electron chi connectivity index (χ2n) is 23.2. The number of likely N-dealkylation sites (N-methyl/N-ethyl adjacent to an activating group) is 1. The second kappa shape index (κ2) is 25.6. The van der Waals surface area contributed by atoms with E-state index in [0.29, 0.717) is 66.3 Å². The first-order valence-corrected chi connectivity index (χ1v) is 30.9. The van der Waals surface area contributed by atoms with Crippen LogP contribution in [0.25, 0.3) is 0 Å². The molecule has 0 unspecified atom stereocenters. The summed E-state index contributed by atoms with van der Waals surface area (Å²) in [5, 5.41) is 6.06. The molecule has 0 aromatic heterocycles. The quantitative estimate of drug-likeness (QED) is 0.0445. The largest absolute Gasteiger partial charge is 0.493 e. The van der Waals surface area contributed by atoms with Crippen LogP contribution in [0.2, 0.25) is 0 Å². The van der Waals surface area contributed by atoms with Gasteiger partial charge in [0.05, 0.1) is 30.4 Å². The molecule has 4 heterocycles. The summed E-state index contributed by atoms with van der Waals surface area (Å²) < 4.78 is 18.9. The van der Waals surface area contributed by atoms with E-state index in [4.69, 9.17) is 14.2 Å². The number of rotatable bonds is 24. The molecule has 0 saturated carbocycles. The lowest BCUT2D eigenvalue weighted by Crippen LogP contribution is -2.45. The van der Waals surface area contributed by atoms with Crippen molar-refractivity contribution in [2.45, 2.75) is 149 Å². The molecule has 0 bridgehead atoms. The number of ether oxygens (including phenoxy) is 3.